The number of benzene rings is 1. The summed E-state index contributed by atoms with van der Waals surface area (Å²) in [5, 5.41) is 12.4. The number of carbonyl (C=O) groups excluding carboxylic acids is 1. The molecule has 0 unspecified atom stereocenters. The fourth-order valence-corrected chi connectivity index (χ4v) is 2.69. The molecule has 1 N–H and O–H groups in total. The maximum atomic E-state index is 14.1. The number of aromatic nitrogens is 3. The third kappa shape index (κ3) is 3.39. The third-order valence-corrected chi connectivity index (χ3v) is 4.11. The Bertz CT molecular complexity index is 1230. The number of amides is 1. The summed E-state index contributed by atoms with van der Waals surface area (Å²) in [5.74, 6) is -0.558. The van der Waals surface area contributed by atoms with Crippen LogP contribution in [0.5, 0.6) is 0 Å². The van der Waals surface area contributed by atoms with Crippen molar-refractivity contribution in [3.8, 4) is 17.3 Å². The molecule has 4 rings (SSSR count). The lowest BCUT2D eigenvalue weighted by Gasteiger charge is -2.07. The van der Waals surface area contributed by atoms with Crippen molar-refractivity contribution in [2.24, 2.45) is 0 Å². The molecule has 3 heterocycles. The number of nitriles is 1. The summed E-state index contributed by atoms with van der Waals surface area (Å²) in [6.45, 7) is 0. The Morgan fingerprint density at radius 2 is 1.96 bits per heavy atom. The van der Waals surface area contributed by atoms with Crippen LogP contribution in [0.1, 0.15) is 15.9 Å². The van der Waals surface area contributed by atoms with Gasteiger partial charge in [0.1, 0.15) is 11.6 Å². The first-order valence-corrected chi connectivity index (χ1v) is 8.33. The first-order chi connectivity index (χ1) is 13.6. The number of pyridine rings is 3. The van der Waals surface area contributed by atoms with Crippen LogP contribution in [0.4, 0.5) is 10.2 Å². The summed E-state index contributed by atoms with van der Waals surface area (Å²) in [4.78, 5) is 25.0. The van der Waals surface area contributed by atoms with E-state index >= 15 is 0 Å². The predicted molar refractivity (Wildman–Crippen MR) is 102 cm³/mol. The van der Waals surface area contributed by atoms with E-state index < -0.39 is 5.82 Å². The first kappa shape index (κ1) is 17.2. The predicted octanol–water partition coefficient (Wildman–Crippen LogP) is 3.95. The summed E-state index contributed by atoms with van der Waals surface area (Å²) in [6.07, 6.45) is 2.99. The number of hydrogen-bond donors (Lipinski definition) is 1. The van der Waals surface area contributed by atoms with Crippen LogP contribution < -0.4 is 5.32 Å². The van der Waals surface area contributed by atoms with E-state index in [1.807, 2.05) is 24.3 Å². The van der Waals surface area contributed by atoms with Crippen LogP contribution in [0, 0.1) is 17.1 Å². The minimum absolute atomic E-state index is 0.231. The van der Waals surface area contributed by atoms with Crippen LogP contribution in [0.25, 0.3) is 22.3 Å². The quantitative estimate of drug-likeness (QED) is 0.590. The number of nitrogens with one attached hydrogen (secondary N) is 1. The second-order valence-electron chi connectivity index (χ2n) is 5.94. The SMILES string of the molecule is N#Cc1ccc(-c2ccc(C(=O)Nc3ccc4cccnc4n3)cn2)c(F)c1. The van der Waals surface area contributed by atoms with Gasteiger partial charge < -0.3 is 5.32 Å². The highest BCUT2D eigenvalue weighted by molar-refractivity contribution is 6.04. The molecule has 0 bridgehead atoms. The molecule has 0 radical (unpaired) electrons. The highest BCUT2D eigenvalue weighted by atomic mass is 19.1. The topological polar surface area (TPSA) is 91.6 Å². The van der Waals surface area contributed by atoms with E-state index in [4.69, 9.17) is 5.26 Å². The summed E-state index contributed by atoms with van der Waals surface area (Å²) in [6, 6.07) is 16.3. The smallest absolute Gasteiger partial charge is 0.258 e. The van der Waals surface area contributed by atoms with Gasteiger partial charge in [-0.2, -0.15) is 5.26 Å². The average Bonchev–Trinajstić information content (AvgIpc) is 2.73. The Morgan fingerprint density at radius 3 is 2.71 bits per heavy atom. The Kier molecular flexibility index (Phi) is 4.44. The Morgan fingerprint density at radius 1 is 1.07 bits per heavy atom. The molecule has 134 valence electrons. The normalized spacial score (nSPS) is 10.4. The van der Waals surface area contributed by atoms with Crippen LogP contribution in [0.15, 0.2) is 67.0 Å². The summed E-state index contributed by atoms with van der Waals surface area (Å²) >= 11 is 0. The molecular weight excluding hydrogens is 357 g/mol. The molecule has 6 nitrogen and oxygen atoms in total. The standard InChI is InChI=1S/C21H12FN5O/c22-17-10-13(11-23)3-6-16(17)18-7-4-15(12-25-18)21(28)27-19-8-5-14-2-1-9-24-20(14)26-19/h1-10,12H,(H,24,26,27,28). The van der Waals surface area contributed by atoms with Gasteiger partial charge in [-0.25, -0.2) is 14.4 Å². The van der Waals surface area contributed by atoms with Crippen molar-refractivity contribution < 1.29 is 9.18 Å². The maximum Gasteiger partial charge on any atom is 0.258 e. The highest BCUT2D eigenvalue weighted by Crippen LogP contribution is 2.22. The molecule has 4 aromatic rings. The van der Waals surface area contributed by atoms with Crippen molar-refractivity contribution in [2.45, 2.75) is 0 Å². The number of rotatable bonds is 3. The zero-order chi connectivity index (χ0) is 19.5. The molecule has 0 saturated carbocycles. The lowest BCUT2D eigenvalue weighted by atomic mass is 10.1. The van der Waals surface area contributed by atoms with Crippen molar-refractivity contribution in [1.29, 1.82) is 5.26 Å². The first-order valence-electron chi connectivity index (χ1n) is 8.33. The molecule has 0 atom stereocenters. The minimum atomic E-state index is -0.545. The van der Waals surface area contributed by atoms with Crippen LogP contribution in [0.2, 0.25) is 0 Å². The second kappa shape index (κ2) is 7.21. The summed E-state index contributed by atoms with van der Waals surface area (Å²) in [7, 11) is 0. The van der Waals surface area contributed by atoms with Crippen molar-refractivity contribution in [2.75, 3.05) is 5.32 Å². The number of anilines is 1. The number of halogens is 1. The van der Waals surface area contributed by atoms with E-state index in [2.05, 4.69) is 20.3 Å². The molecule has 7 heteroatoms. The molecule has 0 aliphatic heterocycles. The number of fused-ring (bicyclic) bond motifs is 1. The Hall–Kier alpha value is -4.18. The molecule has 28 heavy (non-hydrogen) atoms. The number of carbonyl (C=O) groups is 1. The van der Waals surface area contributed by atoms with Crippen molar-refractivity contribution in [3.63, 3.8) is 0 Å². The van der Waals surface area contributed by atoms with E-state index in [0.717, 1.165) is 11.5 Å². The van der Waals surface area contributed by atoms with E-state index in [1.165, 1.54) is 18.3 Å². The summed E-state index contributed by atoms with van der Waals surface area (Å²) < 4.78 is 14.1. The van der Waals surface area contributed by atoms with Gasteiger partial charge in [0, 0.05) is 23.3 Å². The molecular formula is C21H12FN5O. The van der Waals surface area contributed by atoms with Crippen LogP contribution in [-0.4, -0.2) is 20.9 Å². The molecule has 0 spiro atoms. The lowest BCUT2D eigenvalue weighted by Crippen LogP contribution is -2.13. The highest BCUT2D eigenvalue weighted by Gasteiger charge is 2.11. The van der Waals surface area contributed by atoms with E-state index in [-0.39, 0.29) is 17.0 Å². The van der Waals surface area contributed by atoms with Gasteiger partial charge >= 0.3 is 0 Å². The van der Waals surface area contributed by atoms with Gasteiger partial charge in [0.05, 0.1) is 22.9 Å². The van der Waals surface area contributed by atoms with Gasteiger partial charge in [-0.3, -0.25) is 9.78 Å². The van der Waals surface area contributed by atoms with E-state index in [0.29, 0.717) is 22.7 Å². The van der Waals surface area contributed by atoms with Gasteiger partial charge in [-0.1, -0.05) is 0 Å². The van der Waals surface area contributed by atoms with Gasteiger partial charge in [0.15, 0.2) is 5.65 Å². The third-order valence-electron chi connectivity index (χ3n) is 4.11. The minimum Gasteiger partial charge on any atom is -0.306 e. The van der Waals surface area contributed by atoms with Crippen LogP contribution in [-0.2, 0) is 0 Å². The van der Waals surface area contributed by atoms with Crippen molar-refractivity contribution in [3.05, 3.63) is 83.9 Å². The Balaban J connectivity index is 1.54. The molecule has 1 amide bonds. The molecule has 0 aliphatic carbocycles. The lowest BCUT2D eigenvalue weighted by molar-refractivity contribution is 0.102. The van der Waals surface area contributed by atoms with Gasteiger partial charge in [-0.05, 0) is 54.6 Å². The molecule has 1 aromatic carbocycles. The number of hydrogen-bond acceptors (Lipinski definition) is 5. The fourth-order valence-electron chi connectivity index (χ4n) is 2.69. The van der Waals surface area contributed by atoms with Crippen LogP contribution >= 0.6 is 0 Å². The van der Waals surface area contributed by atoms with Gasteiger partial charge in [0.2, 0.25) is 0 Å². The average molecular weight is 369 g/mol. The summed E-state index contributed by atoms with van der Waals surface area (Å²) in [5.41, 5.74) is 1.69. The second-order valence-corrected chi connectivity index (χ2v) is 5.94. The maximum absolute atomic E-state index is 14.1. The number of nitrogens with zero attached hydrogens (tertiary/aromatic N) is 4. The largest absolute Gasteiger partial charge is 0.306 e. The molecule has 0 saturated heterocycles. The zero-order valence-electron chi connectivity index (χ0n) is 14.4. The van der Waals surface area contributed by atoms with E-state index in [9.17, 15) is 9.18 Å². The van der Waals surface area contributed by atoms with Crippen molar-refractivity contribution in [1.82, 2.24) is 15.0 Å². The van der Waals surface area contributed by atoms with Gasteiger partial charge in [0.25, 0.3) is 5.91 Å². The fraction of sp³-hybridized carbons (Fsp3) is 0. The van der Waals surface area contributed by atoms with Crippen molar-refractivity contribution >= 4 is 22.8 Å². The van der Waals surface area contributed by atoms with E-state index in [1.54, 1.807) is 24.4 Å². The molecule has 3 aromatic heterocycles. The molecule has 0 aliphatic rings. The Labute approximate surface area is 159 Å². The van der Waals surface area contributed by atoms with Gasteiger partial charge in [-0.15, -0.1) is 0 Å². The zero-order valence-corrected chi connectivity index (χ0v) is 14.4. The van der Waals surface area contributed by atoms with Crippen LogP contribution in [0.3, 0.4) is 0 Å². The molecule has 0 fully saturated rings. The monoisotopic (exact) mass is 369 g/mol.